The van der Waals surface area contributed by atoms with Crippen molar-refractivity contribution in [2.75, 3.05) is 26.2 Å². The first kappa shape index (κ1) is 11.5. The molecule has 1 aromatic rings. The van der Waals surface area contributed by atoms with Gasteiger partial charge in [-0.2, -0.15) is 0 Å². The standard InChI is InChI=1S/C16H20N2O/c19-16(12-5-2-1-3-6-12)18-10-13-9-17-8-4-7-14(13)15(18)11-17/h1-3,5-6,13-15H,4,7-11H2. The second-order valence-corrected chi connectivity index (χ2v) is 6.22. The van der Waals surface area contributed by atoms with Gasteiger partial charge in [0.1, 0.15) is 0 Å². The van der Waals surface area contributed by atoms with Crippen LogP contribution in [0.3, 0.4) is 0 Å². The van der Waals surface area contributed by atoms with E-state index in [1.54, 1.807) is 0 Å². The van der Waals surface area contributed by atoms with Crippen LogP contribution in [0.1, 0.15) is 23.2 Å². The molecule has 19 heavy (non-hydrogen) atoms. The van der Waals surface area contributed by atoms with Crippen LogP contribution in [0.15, 0.2) is 30.3 Å². The molecule has 1 aromatic carbocycles. The lowest BCUT2D eigenvalue weighted by molar-refractivity contribution is 0.0688. The lowest BCUT2D eigenvalue weighted by Gasteiger charge is -2.34. The molecule has 100 valence electrons. The van der Waals surface area contributed by atoms with E-state index in [0.717, 1.165) is 24.6 Å². The molecule has 3 nitrogen and oxygen atoms in total. The molecule has 3 heteroatoms. The van der Waals surface area contributed by atoms with E-state index >= 15 is 0 Å². The fraction of sp³-hybridized carbons (Fsp3) is 0.562. The van der Waals surface area contributed by atoms with Gasteiger partial charge in [-0.25, -0.2) is 0 Å². The van der Waals surface area contributed by atoms with E-state index in [0.29, 0.717) is 12.0 Å². The van der Waals surface area contributed by atoms with Gasteiger partial charge in [-0.05, 0) is 43.4 Å². The molecule has 0 aromatic heterocycles. The van der Waals surface area contributed by atoms with Gasteiger partial charge in [0.15, 0.2) is 0 Å². The number of amides is 1. The van der Waals surface area contributed by atoms with Gasteiger partial charge in [-0.3, -0.25) is 4.79 Å². The second-order valence-electron chi connectivity index (χ2n) is 6.22. The highest BCUT2D eigenvalue weighted by Crippen LogP contribution is 2.41. The van der Waals surface area contributed by atoms with Crippen molar-refractivity contribution in [3.05, 3.63) is 35.9 Å². The average molecular weight is 256 g/mol. The number of fused-ring (bicyclic) bond motifs is 2. The summed E-state index contributed by atoms with van der Waals surface area (Å²) >= 11 is 0. The second kappa shape index (κ2) is 4.34. The van der Waals surface area contributed by atoms with E-state index in [2.05, 4.69) is 9.80 Å². The minimum atomic E-state index is 0.238. The van der Waals surface area contributed by atoms with Crippen molar-refractivity contribution >= 4 is 5.91 Å². The van der Waals surface area contributed by atoms with Gasteiger partial charge < -0.3 is 9.80 Å². The van der Waals surface area contributed by atoms with Crippen molar-refractivity contribution in [3.63, 3.8) is 0 Å². The maximum absolute atomic E-state index is 12.7. The number of benzene rings is 1. The molecule has 0 radical (unpaired) electrons. The Morgan fingerprint density at radius 3 is 2.79 bits per heavy atom. The van der Waals surface area contributed by atoms with Crippen LogP contribution in [-0.4, -0.2) is 47.9 Å². The molecular weight excluding hydrogens is 236 g/mol. The molecule has 4 unspecified atom stereocenters. The van der Waals surface area contributed by atoms with Gasteiger partial charge in [0, 0.05) is 31.2 Å². The van der Waals surface area contributed by atoms with Crippen molar-refractivity contribution in [2.24, 2.45) is 11.8 Å². The molecular formula is C16H20N2O. The SMILES string of the molecule is O=C(c1ccccc1)N1CC2CN3CCCC2C1C3. The number of rotatable bonds is 1. The molecule has 5 rings (SSSR count). The summed E-state index contributed by atoms with van der Waals surface area (Å²) in [5.74, 6) is 1.71. The van der Waals surface area contributed by atoms with Crippen molar-refractivity contribution in [1.82, 2.24) is 9.80 Å². The monoisotopic (exact) mass is 256 g/mol. The van der Waals surface area contributed by atoms with Crippen LogP contribution in [0.25, 0.3) is 0 Å². The van der Waals surface area contributed by atoms with Crippen LogP contribution in [-0.2, 0) is 0 Å². The minimum absolute atomic E-state index is 0.238. The molecule has 1 amide bonds. The van der Waals surface area contributed by atoms with Crippen LogP contribution < -0.4 is 0 Å². The zero-order valence-electron chi connectivity index (χ0n) is 11.2. The first-order chi connectivity index (χ1) is 9.33. The number of hydrogen-bond acceptors (Lipinski definition) is 2. The number of piperidine rings is 1. The molecule has 4 aliphatic heterocycles. The number of likely N-dealkylation sites (tertiary alicyclic amines) is 1. The molecule has 0 saturated carbocycles. The Hall–Kier alpha value is -1.35. The molecule has 4 aliphatic rings. The molecule has 4 heterocycles. The van der Waals surface area contributed by atoms with Gasteiger partial charge in [-0.15, -0.1) is 0 Å². The number of carbonyl (C=O) groups excluding carboxylic acids is 1. The highest BCUT2D eigenvalue weighted by Gasteiger charge is 2.49. The predicted octanol–water partition coefficient (Wildman–Crippen LogP) is 1.85. The zero-order valence-corrected chi connectivity index (χ0v) is 11.2. The summed E-state index contributed by atoms with van der Waals surface area (Å²) in [6, 6.07) is 10.2. The van der Waals surface area contributed by atoms with Gasteiger partial charge in [-0.1, -0.05) is 18.2 Å². The molecule has 4 saturated heterocycles. The topological polar surface area (TPSA) is 23.6 Å². The highest BCUT2D eigenvalue weighted by atomic mass is 16.2. The van der Waals surface area contributed by atoms with E-state index in [-0.39, 0.29) is 5.91 Å². The van der Waals surface area contributed by atoms with Gasteiger partial charge in [0.05, 0.1) is 0 Å². The third kappa shape index (κ3) is 1.79. The Morgan fingerprint density at radius 2 is 1.95 bits per heavy atom. The Kier molecular flexibility index (Phi) is 2.62. The highest BCUT2D eigenvalue weighted by molar-refractivity contribution is 5.94. The minimum Gasteiger partial charge on any atom is -0.334 e. The molecule has 4 fully saturated rings. The fourth-order valence-electron chi connectivity index (χ4n) is 4.31. The predicted molar refractivity (Wildman–Crippen MR) is 73.9 cm³/mol. The van der Waals surface area contributed by atoms with Gasteiger partial charge >= 0.3 is 0 Å². The zero-order chi connectivity index (χ0) is 12.8. The number of nitrogens with zero attached hydrogens (tertiary/aromatic N) is 2. The van der Waals surface area contributed by atoms with Crippen LogP contribution >= 0.6 is 0 Å². The summed E-state index contributed by atoms with van der Waals surface area (Å²) in [7, 11) is 0. The van der Waals surface area contributed by atoms with E-state index in [4.69, 9.17) is 0 Å². The average Bonchev–Trinajstić information content (AvgIpc) is 2.70. The summed E-state index contributed by atoms with van der Waals surface area (Å²) in [4.78, 5) is 17.4. The summed E-state index contributed by atoms with van der Waals surface area (Å²) < 4.78 is 0. The first-order valence-electron chi connectivity index (χ1n) is 7.41. The van der Waals surface area contributed by atoms with Crippen LogP contribution in [0.4, 0.5) is 0 Å². The van der Waals surface area contributed by atoms with Crippen molar-refractivity contribution < 1.29 is 4.79 Å². The van der Waals surface area contributed by atoms with Gasteiger partial charge in [0.25, 0.3) is 5.91 Å². The lowest BCUT2D eigenvalue weighted by Crippen LogP contribution is -2.46. The molecule has 0 aliphatic carbocycles. The third-order valence-corrected chi connectivity index (χ3v) is 5.16. The summed E-state index contributed by atoms with van der Waals surface area (Å²) in [6.45, 7) is 4.51. The lowest BCUT2D eigenvalue weighted by atomic mass is 9.85. The Bertz CT molecular complexity index is 487. The van der Waals surface area contributed by atoms with Crippen LogP contribution in [0.5, 0.6) is 0 Å². The maximum atomic E-state index is 12.7. The fourth-order valence-corrected chi connectivity index (χ4v) is 4.31. The van der Waals surface area contributed by atoms with Crippen LogP contribution in [0, 0.1) is 11.8 Å². The largest absolute Gasteiger partial charge is 0.334 e. The Balaban J connectivity index is 1.62. The third-order valence-electron chi connectivity index (χ3n) is 5.16. The van der Waals surface area contributed by atoms with E-state index in [9.17, 15) is 4.79 Å². The Morgan fingerprint density at radius 1 is 1.11 bits per heavy atom. The molecule has 0 N–H and O–H groups in total. The smallest absolute Gasteiger partial charge is 0.254 e. The van der Waals surface area contributed by atoms with Crippen molar-refractivity contribution in [1.29, 1.82) is 0 Å². The first-order valence-corrected chi connectivity index (χ1v) is 7.41. The normalized spacial score (nSPS) is 36.3. The van der Waals surface area contributed by atoms with E-state index < -0.39 is 0 Å². The van der Waals surface area contributed by atoms with Crippen molar-refractivity contribution in [2.45, 2.75) is 18.9 Å². The van der Waals surface area contributed by atoms with Crippen molar-refractivity contribution in [3.8, 4) is 0 Å². The summed E-state index contributed by atoms with van der Waals surface area (Å²) in [5.41, 5.74) is 0.847. The van der Waals surface area contributed by atoms with Gasteiger partial charge in [0.2, 0.25) is 0 Å². The molecule has 4 bridgehead atoms. The Labute approximate surface area is 114 Å². The van der Waals surface area contributed by atoms with E-state index in [1.165, 1.54) is 25.9 Å². The summed E-state index contributed by atoms with van der Waals surface area (Å²) in [6.07, 6.45) is 2.62. The number of carbonyl (C=O) groups is 1. The quantitative estimate of drug-likeness (QED) is 0.765. The summed E-state index contributed by atoms with van der Waals surface area (Å²) in [5, 5.41) is 0. The van der Waals surface area contributed by atoms with E-state index in [1.807, 2.05) is 30.3 Å². The molecule has 4 atom stereocenters. The number of hydrogen-bond donors (Lipinski definition) is 0. The molecule has 0 spiro atoms. The maximum Gasteiger partial charge on any atom is 0.254 e. The van der Waals surface area contributed by atoms with Crippen LogP contribution in [0.2, 0.25) is 0 Å².